The van der Waals surface area contributed by atoms with Gasteiger partial charge in [0.15, 0.2) is 9.96 Å². The fourth-order valence-corrected chi connectivity index (χ4v) is 6.09. The van der Waals surface area contributed by atoms with Crippen molar-refractivity contribution >= 4 is 38.4 Å². The Hall–Kier alpha value is -2.89. The van der Waals surface area contributed by atoms with Crippen LogP contribution in [0.5, 0.6) is 5.75 Å². The quantitative estimate of drug-likeness (QED) is 0.298. The smallest absolute Gasteiger partial charge is 0.256 e. The maximum atomic E-state index is 12.7. The molecule has 172 valence electrons. The number of aromatic hydroxyl groups is 1. The number of thiophene rings is 1. The average Bonchev–Trinajstić information content (AvgIpc) is 3.33. The van der Waals surface area contributed by atoms with Gasteiger partial charge in [0.05, 0.1) is 5.69 Å². The van der Waals surface area contributed by atoms with Gasteiger partial charge in [0.1, 0.15) is 28.9 Å². The van der Waals surface area contributed by atoms with E-state index in [1.54, 1.807) is 39.8 Å². The van der Waals surface area contributed by atoms with Gasteiger partial charge in [-0.1, -0.05) is 26.0 Å². The Balaban J connectivity index is 1.92. The number of sulfonamides is 1. The number of hydrogen-bond donors (Lipinski definition) is 3. The summed E-state index contributed by atoms with van der Waals surface area (Å²) in [7, 11) is -3.88. The Morgan fingerprint density at radius 2 is 1.84 bits per heavy atom. The van der Waals surface area contributed by atoms with Crippen LogP contribution in [0.25, 0.3) is 0 Å². The van der Waals surface area contributed by atoms with Crippen molar-refractivity contribution in [2.24, 2.45) is 0 Å². The molecule has 0 unspecified atom stereocenters. The molecule has 2 aromatic heterocycles. The lowest BCUT2D eigenvalue weighted by Gasteiger charge is -2.21. The van der Waals surface area contributed by atoms with Crippen molar-refractivity contribution in [3.63, 3.8) is 0 Å². The molecule has 3 aromatic rings. The highest BCUT2D eigenvalue weighted by atomic mass is 32.2. The van der Waals surface area contributed by atoms with Crippen LogP contribution < -0.4 is 21.5 Å². The lowest BCUT2D eigenvalue weighted by Crippen LogP contribution is -2.37. The fourth-order valence-electron chi connectivity index (χ4n) is 3.26. The first-order valence-electron chi connectivity index (χ1n) is 9.92. The van der Waals surface area contributed by atoms with Crippen LogP contribution in [0.15, 0.2) is 47.9 Å². The van der Waals surface area contributed by atoms with Crippen LogP contribution in [-0.2, 0) is 10.0 Å². The molecule has 0 amide bonds. The van der Waals surface area contributed by atoms with Gasteiger partial charge in [-0.25, -0.2) is 8.42 Å². The van der Waals surface area contributed by atoms with Crippen LogP contribution >= 0.6 is 11.3 Å². The molecule has 0 radical (unpaired) electrons. The first kappa shape index (κ1) is 23.8. The zero-order valence-corrected chi connectivity index (χ0v) is 19.8. The molecule has 11 heteroatoms. The minimum absolute atomic E-state index is 0.0100. The minimum atomic E-state index is -3.88. The highest BCUT2D eigenvalue weighted by Crippen LogP contribution is 2.41. The SMILES string of the molecule is C=C(C)[C@@H](Nc1c(Nc2csc(S(=O)(=O)N(CC)CC)c2O)c(=O)c1=O)c1ccc(C)o1. The van der Waals surface area contributed by atoms with E-state index >= 15 is 0 Å². The van der Waals surface area contributed by atoms with Crippen LogP contribution in [0.2, 0.25) is 0 Å². The van der Waals surface area contributed by atoms with Gasteiger partial charge in [-0.3, -0.25) is 9.59 Å². The van der Waals surface area contributed by atoms with Gasteiger partial charge in [0, 0.05) is 18.5 Å². The molecule has 3 N–H and O–H groups in total. The van der Waals surface area contributed by atoms with Gasteiger partial charge in [-0.2, -0.15) is 4.31 Å². The number of furan rings is 1. The second kappa shape index (κ2) is 8.93. The standard InChI is InChI=1S/C21H25N3O6S2/c1-6-24(7-2)32(28,29)21-18(25)13(10-31-21)22-16-17(20(27)19(16)26)23-15(11(3)4)14-9-8-12(5)30-14/h8-10,15,22-23,25H,3,6-7H2,1-2,4-5H3/t15-/m1/s1. The summed E-state index contributed by atoms with van der Waals surface area (Å²) >= 11 is 0.830. The van der Waals surface area contributed by atoms with Crippen molar-refractivity contribution in [1.82, 2.24) is 4.31 Å². The fraction of sp³-hybridized carbons (Fsp3) is 0.333. The number of aryl methyl sites for hydroxylation is 1. The molecule has 1 atom stereocenters. The molecule has 0 aliphatic rings. The molecular weight excluding hydrogens is 454 g/mol. The third kappa shape index (κ3) is 4.10. The Morgan fingerprint density at radius 1 is 1.22 bits per heavy atom. The maximum Gasteiger partial charge on any atom is 0.256 e. The Labute approximate surface area is 189 Å². The molecule has 0 aliphatic carbocycles. The van der Waals surface area contributed by atoms with Crippen molar-refractivity contribution < 1.29 is 17.9 Å². The normalized spacial score (nSPS) is 12.9. The summed E-state index contributed by atoms with van der Waals surface area (Å²) in [6, 6.07) is 2.97. The van der Waals surface area contributed by atoms with E-state index in [2.05, 4.69) is 17.2 Å². The first-order chi connectivity index (χ1) is 15.0. The summed E-state index contributed by atoms with van der Waals surface area (Å²) in [6.07, 6.45) is 0. The molecule has 1 aromatic carbocycles. The van der Waals surface area contributed by atoms with Crippen molar-refractivity contribution in [3.8, 4) is 5.75 Å². The van der Waals surface area contributed by atoms with Gasteiger partial charge < -0.3 is 20.2 Å². The molecule has 0 aliphatic heterocycles. The summed E-state index contributed by atoms with van der Waals surface area (Å²) in [4.78, 5) is 24.5. The number of nitrogens with one attached hydrogen (secondary N) is 2. The molecule has 32 heavy (non-hydrogen) atoms. The third-order valence-corrected chi connectivity index (χ3v) is 8.55. The molecular formula is C21H25N3O6S2. The van der Waals surface area contributed by atoms with Crippen molar-refractivity contribution in [2.45, 2.75) is 37.9 Å². The van der Waals surface area contributed by atoms with E-state index in [1.807, 2.05) is 0 Å². The summed E-state index contributed by atoms with van der Waals surface area (Å²) in [6.45, 7) is 11.3. The molecule has 9 nitrogen and oxygen atoms in total. The molecule has 3 rings (SSSR count). The van der Waals surface area contributed by atoms with E-state index in [4.69, 9.17) is 4.42 Å². The lowest BCUT2D eigenvalue weighted by atomic mass is 10.1. The topological polar surface area (TPSA) is 129 Å². The molecule has 0 fully saturated rings. The van der Waals surface area contributed by atoms with Crippen LogP contribution in [0.3, 0.4) is 0 Å². The van der Waals surface area contributed by atoms with Crippen molar-refractivity contribution in [1.29, 1.82) is 0 Å². The second-order valence-corrected chi connectivity index (χ2v) is 10.3. The van der Waals surface area contributed by atoms with Crippen LogP contribution in [0, 0.1) is 6.92 Å². The number of anilines is 3. The van der Waals surface area contributed by atoms with E-state index in [9.17, 15) is 23.1 Å². The van der Waals surface area contributed by atoms with Gasteiger partial charge >= 0.3 is 0 Å². The second-order valence-electron chi connectivity index (χ2n) is 7.28. The summed E-state index contributed by atoms with van der Waals surface area (Å²) in [5.74, 6) is 0.709. The molecule has 0 bridgehead atoms. The molecule has 0 saturated heterocycles. The van der Waals surface area contributed by atoms with Crippen LogP contribution in [0.1, 0.15) is 38.3 Å². The van der Waals surface area contributed by atoms with Gasteiger partial charge in [0.25, 0.3) is 20.9 Å². The zero-order valence-electron chi connectivity index (χ0n) is 18.2. The van der Waals surface area contributed by atoms with Crippen LogP contribution in [0.4, 0.5) is 17.1 Å². The van der Waals surface area contributed by atoms with E-state index in [-0.39, 0.29) is 34.4 Å². The third-order valence-electron chi connectivity index (χ3n) is 5.01. The summed E-state index contributed by atoms with van der Waals surface area (Å²) in [5, 5.41) is 17.6. The van der Waals surface area contributed by atoms with E-state index in [1.165, 1.54) is 9.69 Å². The molecule has 0 spiro atoms. The van der Waals surface area contributed by atoms with E-state index in [0.717, 1.165) is 11.3 Å². The molecule has 2 heterocycles. The zero-order chi connectivity index (χ0) is 23.8. The largest absolute Gasteiger partial charge is 0.504 e. The lowest BCUT2D eigenvalue weighted by molar-refractivity contribution is 0.434. The number of rotatable bonds is 10. The van der Waals surface area contributed by atoms with Gasteiger partial charge in [-0.05, 0) is 26.0 Å². The predicted molar refractivity (Wildman–Crippen MR) is 125 cm³/mol. The van der Waals surface area contributed by atoms with E-state index in [0.29, 0.717) is 17.1 Å². The number of hydrogen-bond acceptors (Lipinski definition) is 9. The van der Waals surface area contributed by atoms with Crippen molar-refractivity contribution in [2.75, 3.05) is 23.7 Å². The summed E-state index contributed by atoms with van der Waals surface area (Å²) in [5.41, 5.74) is -0.878. The Morgan fingerprint density at radius 3 is 2.38 bits per heavy atom. The highest BCUT2D eigenvalue weighted by molar-refractivity contribution is 7.91. The van der Waals surface area contributed by atoms with Crippen molar-refractivity contribution in [3.05, 3.63) is 61.6 Å². The average molecular weight is 480 g/mol. The predicted octanol–water partition coefficient (Wildman–Crippen LogP) is 3.45. The Kier molecular flexibility index (Phi) is 6.63. The highest BCUT2D eigenvalue weighted by Gasteiger charge is 2.31. The van der Waals surface area contributed by atoms with Crippen LogP contribution in [-0.4, -0.2) is 30.9 Å². The van der Waals surface area contributed by atoms with Gasteiger partial charge in [-0.15, -0.1) is 11.3 Å². The van der Waals surface area contributed by atoms with E-state index < -0.39 is 32.7 Å². The van der Waals surface area contributed by atoms with Gasteiger partial charge in [0.2, 0.25) is 0 Å². The first-order valence-corrected chi connectivity index (χ1v) is 12.2. The minimum Gasteiger partial charge on any atom is -0.504 e. The number of nitrogens with zero attached hydrogens (tertiary/aromatic N) is 1. The molecule has 0 saturated carbocycles. The monoisotopic (exact) mass is 479 g/mol. The summed E-state index contributed by atoms with van der Waals surface area (Å²) < 4.78 is 32.1. The Bertz CT molecular complexity index is 1320. The maximum absolute atomic E-state index is 12.7.